The van der Waals surface area contributed by atoms with Crippen LogP contribution in [-0.2, 0) is 12.8 Å². The standard InChI is InChI=1S/C16H19ClN4/c17-12-5-1-4-11(10-12)15-20-14-7-2-6-13(14)16(21-15)19-9-3-8-18/h1,4-5,10H,2-3,6-9,18H2,(H,19,20,21). The molecule has 0 spiro atoms. The van der Waals surface area contributed by atoms with Crippen LogP contribution in [0.5, 0.6) is 0 Å². The van der Waals surface area contributed by atoms with Gasteiger partial charge in [0.1, 0.15) is 5.82 Å². The van der Waals surface area contributed by atoms with Crippen molar-refractivity contribution < 1.29 is 0 Å². The van der Waals surface area contributed by atoms with Gasteiger partial charge in [-0.1, -0.05) is 23.7 Å². The number of rotatable bonds is 5. The molecule has 3 rings (SSSR count). The molecule has 3 N–H and O–H groups in total. The predicted octanol–water partition coefficient (Wildman–Crippen LogP) is 3.05. The molecular formula is C16H19ClN4. The number of nitrogens with one attached hydrogen (secondary N) is 1. The summed E-state index contributed by atoms with van der Waals surface area (Å²) in [5.41, 5.74) is 8.94. The van der Waals surface area contributed by atoms with Crippen molar-refractivity contribution in [3.63, 3.8) is 0 Å². The van der Waals surface area contributed by atoms with Crippen molar-refractivity contribution in [2.24, 2.45) is 5.73 Å². The number of benzene rings is 1. The van der Waals surface area contributed by atoms with Crippen molar-refractivity contribution in [1.82, 2.24) is 9.97 Å². The van der Waals surface area contributed by atoms with E-state index in [1.807, 2.05) is 24.3 Å². The number of aromatic nitrogens is 2. The molecule has 110 valence electrons. The number of fused-ring (bicyclic) bond motifs is 1. The van der Waals surface area contributed by atoms with Gasteiger partial charge in [-0.3, -0.25) is 0 Å². The van der Waals surface area contributed by atoms with Crippen molar-refractivity contribution in [3.05, 3.63) is 40.5 Å². The maximum Gasteiger partial charge on any atom is 0.161 e. The molecule has 21 heavy (non-hydrogen) atoms. The van der Waals surface area contributed by atoms with Crippen molar-refractivity contribution in [1.29, 1.82) is 0 Å². The molecule has 0 saturated carbocycles. The fraction of sp³-hybridized carbons (Fsp3) is 0.375. The Hall–Kier alpha value is -1.65. The van der Waals surface area contributed by atoms with Crippen molar-refractivity contribution in [3.8, 4) is 11.4 Å². The Morgan fingerprint density at radius 3 is 2.95 bits per heavy atom. The first-order valence-corrected chi connectivity index (χ1v) is 7.75. The molecule has 0 fully saturated rings. The predicted molar refractivity (Wildman–Crippen MR) is 86.7 cm³/mol. The van der Waals surface area contributed by atoms with Gasteiger partial charge in [0.25, 0.3) is 0 Å². The first-order valence-electron chi connectivity index (χ1n) is 7.37. The van der Waals surface area contributed by atoms with Crippen LogP contribution >= 0.6 is 11.6 Å². The van der Waals surface area contributed by atoms with Crippen LogP contribution in [-0.4, -0.2) is 23.1 Å². The third kappa shape index (κ3) is 3.17. The number of halogens is 1. The SMILES string of the molecule is NCCCNc1nc(-c2cccc(Cl)c2)nc2c1CCC2. The van der Waals surface area contributed by atoms with E-state index in [4.69, 9.17) is 27.3 Å². The molecule has 1 aliphatic rings. The van der Waals surface area contributed by atoms with Gasteiger partial charge in [0, 0.05) is 28.4 Å². The number of nitrogens with two attached hydrogens (primary N) is 1. The Morgan fingerprint density at radius 1 is 1.24 bits per heavy atom. The fourth-order valence-electron chi connectivity index (χ4n) is 2.64. The van der Waals surface area contributed by atoms with Gasteiger partial charge in [-0.15, -0.1) is 0 Å². The highest BCUT2D eigenvalue weighted by atomic mass is 35.5. The van der Waals surface area contributed by atoms with E-state index in [9.17, 15) is 0 Å². The zero-order valence-electron chi connectivity index (χ0n) is 11.9. The third-order valence-electron chi connectivity index (χ3n) is 3.69. The van der Waals surface area contributed by atoms with E-state index >= 15 is 0 Å². The van der Waals surface area contributed by atoms with Crippen molar-refractivity contribution in [2.45, 2.75) is 25.7 Å². The van der Waals surface area contributed by atoms with Gasteiger partial charge in [0.05, 0.1) is 0 Å². The topological polar surface area (TPSA) is 63.8 Å². The quantitative estimate of drug-likeness (QED) is 0.833. The summed E-state index contributed by atoms with van der Waals surface area (Å²) in [5.74, 6) is 1.70. The van der Waals surface area contributed by atoms with E-state index in [2.05, 4.69) is 5.32 Å². The summed E-state index contributed by atoms with van der Waals surface area (Å²) in [5, 5.41) is 4.11. The van der Waals surface area contributed by atoms with E-state index in [0.717, 1.165) is 55.1 Å². The summed E-state index contributed by atoms with van der Waals surface area (Å²) in [6, 6.07) is 7.68. The molecule has 1 heterocycles. The lowest BCUT2D eigenvalue weighted by molar-refractivity contribution is 0.865. The van der Waals surface area contributed by atoms with Gasteiger partial charge in [-0.2, -0.15) is 0 Å². The fourth-order valence-corrected chi connectivity index (χ4v) is 2.83. The van der Waals surface area contributed by atoms with Gasteiger partial charge >= 0.3 is 0 Å². The van der Waals surface area contributed by atoms with Crippen molar-refractivity contribution >= 4 is 17.4 Å². The van der Waals surface area contributed by atoms with Gasteiger partial charge in [-0.25, -0.2) is 9.97 Å². The summed E-state index contributed by atoms with van der Waals surface area (Å²) >= 11 is 6.07. The van der Waals surface area contributed by atoms with Crippen LogP contribution < -0.4 is 11.1 Å². The molecule has 5 heteroatoms. The van der Waals surface area contributed by atoms with Crippen LogP contribution in [0.25, 0.3) is 11.4 Å². The minimum Gasteiger partial charge on any atom is -0.370 e. The maximum absolute atomic E-state index is 6.07. The van der Waals surface area contributed by atoms with Gasteiger partial charge in [-0.05, 0) is 44.4 Å². The first kappa shape index (κ1) is 14.3. The molecule has 1 aromatic carbocycles. The lowest BCUT2D eigenvalue weighted by Crippen LogP contribution is -2.12. The second kappa shape index (κ2) is 6.41. The Morgan fingerprint density at radius 2 is 2.14 bits per heavy atom. The minimum atomic E-state index is 0.682. The summed E-state index contributed by atoms with van der Waals surface area (Å²) in [6.07, 6.45) is 4.16. The van der Waals surface area contributed by atoms with E-state index < -0.39 is 0 Å². The summed E-state index contributed by atoms with van der Waals surface area (Å²) in [7, 11) is 0. The molecule has 0 unspecified atom stereocenters. The molecule has 0 aliphatic heterocycles. The minimum absolute atomic E-state index is 0.682. The Kier molecular flexibility index (Phi) is 4.36. The normalized spacial score (nSPS) is 13.2. The van der Waals surface area contributed by atoms with E-state index in [-0.39, 0.29) is 0 Å². The van der Waals surface area contributed by atoms with Crippen LogP contribution in [0.4, 0.5) is 5.82 Å². The number of hydrogen-bond acceptors (Lipinski definition) is 4. The van der Waals surface area contributed by atoms with Crippen LogP contribution in [0.15, 0.2) is 24.3 Å². The Balaban J connectivity index is 1.96. The zero-order valence-corrected chi connectivity index (χ0v) is 12.7. The monoisotopic (exact) mass is 302 g/mol. The average Bonchev–Trinajstić information content (AvgIpc) is 2.96. The number of aryl methyl sites for hydroxylation is 1. The molecule has 2 aromatic rings. The van der Waals surface area contributed by atoms with Crippen LogP contribution in [0.2, 0.25) is 5.02 Å². The molecule has 0 radical (unpaired) electrons. The molecule has 0 saturated heterocycles. The van der Waals surface area contributed by atoms with Crippen molar-refractivity contribution in [2.75, 3.05) is 18.4 Å². The highest BCUT2D eigenvalue weighted by Gasteiger charge is 2.19. The highest BCUT2D eigenvalue weighted by Crippen LogP contribution is 2.29. The summed E-state index contributed by atoms with van der Waals surface area (Å²) in [6.45, 7) is 1.52. The first-order chi connectivity index (χ1) is 10.3. The molecule has 0 amide bonds. The van der Waals surface area contributed by atoms with Gasteiger partial charge in [0.2, 0.25) is 0 Å². The van der Waals surface area contributed by atoms with E-state index in [1.165, 1.54) is 5.56 Å². The number of nitrogens with zero attached hydrogens (tertiary/aromatic N) is 2. The average molecular weight is 303 g/mol. The Bertz CT molecular complexity index is 642. The van der Waals surface area contributed by atoms with Crippen LogP contribution in [0.1, 0.15) is 24.1 Å². The highest BCUT2D eigenvalue weighted by molar-refractivity contribution is 6.30. The molecular weight excluding hydrogens is 284 g/mol. The molecule has 0 atom stereocenters. The molecule has 1 aromatic heterocycles. The van der Waals surface area contributed by atoms with Gasteiger partial charge in [0.15, 0.2) is 5.82 Å². The second-order valence-electron chi connectivity index (χ2n) is 5.25. The molecule has 1 aliphatic carbocycles. The molecule has 4 nitrogen and oxygen atoms in total. The third-order valence-corrected chi connectivity index (χ3v) is 3.92. The second-order valence-corrected chi connectivity index (χ2v) is 5.69. The van der Waals surface area contributed by atoms with Gasteiger partial charge < -0.3 is 11.1 Å². The number of anilines is 1. The van der Waals surface area contributed by atoms with Crippen LogP contribution in [0, 0.1) is 0 Å². The Labute approximate surface area is 129 Å². The summed E-state index contributed by atoms with van der Waals surface area (Å²) < 4.78 is 0. The maximum atomic E-state index is 6.07. The smallest absolute Gasteiger partial charge is 0.161 e. The summed E-state index contributed by atoms with van der Waals surface area (Å²) in [4.78, 5) is 9.42. The lowest BCUT2D eigenvalue weighted by Gasteiger charge is -2.12. The lowest BCUT2D eigenvalue weighted by atomic mass is 10.2. The molecule has 0 bridgehead atoms. The van der Waals surface area contributed by atoms with Crippen LogP contribution in [0.3, 0.4) is 0 Å². The van der Waals surface area contributed by atoms with E-state index in [0.29, 0.717) is 11.6 Å². The largest absolute Gasteiger partial charge is 0.370 e. The van der Waals surface area contributed by atoms with E-state index in [1.54, 1.807) is 0 Å². The number of hydrogen-bond donors (Lipinski definition) is 2. The zero-order chi connectivity index (χ0) is 14.7.